The highest BCUT2D eigenvalue weighted by Gasteiger charge is 2.76. The average molecular weight is 445 g/mol. The number of piperidine rings is 1. The molecule has 10 heteroatoms. The summed E-state index contributed by atoms with van der Waals surface area (Å²) < 4.78 is 22.2. The van der Waals surface area contributed by atoms with Gasteiger partial charge in [0.15, 0.2) is 0 Å². The van der Waals surface area contributed by atoms with Gasteiger partial charge in [-0.15, -0.1) is 10.2 Å². The molecule has 0 radical (unpaired) electrons. The van der Waals surface area contributed by atoms with Crippen LogP contribution in [-0.2, 0) is 16.8 Å². The summed E-state index contributed by atoms with van der Waals surface area (Å²) in [6, 6.07) is 8.33. The molecule has 2 aromatic heterocycles. The number of ether oxygens (including phenoxy) is 1. The van der Waals surface area contributed by atoms with E-state index in [1.54, 1.807) is 35.6 Å². The molecule has 1 unspecified atom stereocenters. The van der Waals surface area contributed by atoms with E-state index in [0.29, 0.717) is 41.7 Å². The van der Waals surface area contributed by atoms with Gasteiger partial charge in [-0.3, -0.25) is 9.88 Å². The van der Waals surface area contributed by atoms with Crippen molar-refractivity contribution >= 4 is 11.8 Å². The second kappa shape index (κ2) is 7.35. The van der Waals surface area contributed by atoms with Crippen molar-refractivity contribution in [3.63, 3.8) is 0 Å². The minimum Gasteiger partial charge on any atom is -0.442 e. The van der Waals surface area contributed by atoms with E-state index in [0.717, 1.165) is 18.8 Å². The van der Waals surface area contributed by atoms with Crippen LogP contribution in [0.1, 0.15) is 5.69 Å². The molecule has 1 aliphatic carbocycles. The third-order valence-electron chi connectivity index (χ3n) is 6.92. The largest absolute Gasteiger partial charge is 0.442 e. The number of anilines is 1. The predicted octanol–water partition coefficient (Wildman–Crippen LogP) is 2.47. The van der Waals surface area contributed by atoms with Crippen molar-refractivity contribution in [2.45, 2.75) is 18.2 Å². The zero-order valence-electron chi connectivity index (χ0n) is 17.6. The number of hydrogen-bond donors (Lipinski definition) is 1. The molecule has 2 saturated heterocycles. The molecule has 0 spiro atoms. The van der Waals surface area contributed by atoms with Gasteiger partial charge in [0.1, 0.15) is 30.3 Å². The highest BCUT2D eigenvalue weighted by atomic mass is 19.1. The van der Waals surface area contributed by atoms with Crippen LogP contribution in [0.25, 0.3) is 16.0 Å². The van der Waals surface area contributed by atoms with Crippen molar-refractivity contribution in [3.05, 3.63) is 72.1 Å². The second-order valence-corrected chi connectivity index (χ2v) is 8.68. The van der Waals surface area contributed by atoms with E-state index < -0.39 is 17.4 Å². The van der Waals surface area contributed by atoms with Crippen molar-refractivity contribution in [1.82, 2.24) is 25.1 Å². The number of fused-ring (bicyclic) bond motifs is 1. The van der Waals surface area contributed by atoms with Gasteiger partial charge in [-0.25, -0.2) is 15.8 Å². The number of amides is 1. The smallest absolute Gasteiger partial charge is 0.414 e. The Bertz CT molecular complexity index is 1240. The van der Waals surface area contributed by atoms with Gasteiger partial charge in [0.05, 0.1) is 30.6 Å². The lowest BCUT2D eigenvalue weighted by atomic mass is 10.0. The first-order chi connectivity index (χ1) is 16.1. The molecule has 3 fully saturated rings. The highest BCUT2D eigenvalue weighted by Crippen LogP contribution is 2.62. The number of nitrogens with zero attached hydrogens (tertiary/aromatic N) is 6. The quantitative estimate of drug-likeness (QED) is 0.607. The van der Waals surface area contributed by atoms with Crippen molar-refractivity contribution < 1.29 is 13.9 Å². The number of pyridine rings is 1. The Morgan fingerprint density at radius 3 is 2.67 bits per heavy atom. The maximum absolute atomic E-state index is 15.0. The van der Waals surface area contributed by atoms with Crippen LogP contribution in [0.3, 0.4) is 0 Å². The summed E-state index contributed by atoms with van der Waals surface area (Å²) in [7, 11) is 0. The van der Waals surface area contributed by atoms with Crippen LogP contribution in [-0.4, -0.2) is 51.6 Å². The van der Waals surface area contributed by atoms with E-state index in [1.165, 1.54) is 11.0 Å². The van der Waals surface area contributed by atoms with Gasteiger partial charge in [-0.2, -0.15) is 0 Å². The Morgan fingerprint density at radius 2 is 2.00 bits per heavy atom. The zero-order valence-corrected chi connectivity index (χ0v) is 17.6. The summed E-state index contributed by atoms with van der Waals surface area (Å²) >= 11 is 0. The Labute approximate surface area is 189 Å². The molecule has 3 aliphatic rings. The van der Waals surface area contributed by atoms with E-state index in [-0.39, 0.29) is 6.10 Å². The Kier molecular flexibility index (Phi) is 4.41. The number of rotatable bonds is 5. The molecule has 2 aliphatic heterocycles. The van der Waals surface area contributed by atoms with Gasteiger partial charge in [-0.05, 0) is 24.3 Å². The molecule has 1 aromatic carbocycles. The first-order valence-corrected chi connectivity index (χ1v) is 10.8. The zero-order chi connectivity index (χ0) is 22.6. The third kappa shape index (κ3) is 3.08. The fraction of sp³-hybridized carbons (Fsp3) is 0.348. The third-order valence-corrected chi connectivity index (χ3v) is 6.92. The molecule has 6 rings (SSSR count). The molecule has 33 heavy (non-hydrogen) atoms. The molecule has 4 atom stereocenters. The molecular formula is C23H20FN7O2. The monoisotopic (exact) mass is 445 g/mol. The summed E-state index contributed by atoms with van der Waals surface area (Å²) in [5.41, 5.74) is 1.67. The molecule has 1 N–H and O–H groups in total. The highest BCUT2D eigenvalue weighted by molar-refractivity contribution is 5.90. The van der Waals surface area contributed by atoms with E-state index >= 15 is 4.39 Å². The molecule has 0 bridgehead atoms. The number of hydrogen-bond acceptors (Lipinski definition) is 6. The average Bonchev–Trinajstić information content (AvgIpc) is 3.35. The van der Waals surface area contributed by atoms with Gasteiger partial charge < -0.3 is 19.5 Å². The number of halogens is 1. The number of aromatic nitrogens is 4. The lowest BCUT2D eigenvalue weighted by Gasteiger charge is -2.15. The van der Waals surface area contributed by atoms with E-state index in [1.807, 2.05) is 12.1 Å². The van der Waals surface area contributed by atoms with Gasteiger partial charge in [0.2, 0.25) is 0 Å². The second-order valence-electron chi connectivity index (χ2n) is 8.68. The summed E-state index contributed by atoms with van der Waals surface area (Å²) in [6.07, 6.45) is 3.84. The molecule has 1 amide bonds. The van der Waals surface area contributed by atoms with Crippen LogP contribution in [0.5, 0.6) is 0 Å². The summed E-state index contributed by atoms with van der Waals surface area (Å²) in [5.74, 6) is 0.154. The lowest BCUT2D eigenvalue weighted by molar-refractivity contribution is 0.131. The molecule has 1 saturated carbocycles. The SMILES string of the molecule is [C-]#[N+]C1(c2ccc(-c3ccc(N4C[C@H](Cn5cnnc5)OC4=O)cc3F)cn2)[C@@H]2CNC[C@@H]21. The maximum atomic E-state index is 15.0. The standard InChI is InChI=1S/C23H20FN7O2/c1-25-23(18-8-26-9-19(18)23)21-5-2-14(7-27-21)17-4-3-15(6-20(17)24)31-11-16(33-22(31)32)10-30-12-28-29-13-30/h2-7,12-13,16,18-19,26H,8-11H2/t16-,18-,19+,23?/m0/s1. The van der Waals surface area contributed by atoms with Crippen LogP contribution in [0.15, 0.2) is 49.2 Å². The number of benzene rings is 1. The maximum Gasteiger partial charge on any atom is 0.414 e. The van der Waals surface area contributed by atoms with Gasteiger partial charge in [0, 0.05) is 30.4 Å². The number of nitrogens with one attached hydrogen (secondary N) is 1. The van der Waals surface area contributed by atoms with Crippen LogP contribution in [0.4, 0.5) is 14.9 Å². The van der Waals surface area contributed by atoms with Crippen molar-refractivity contribution in [2.24, 2.45) is 11.8 Å². The fourth-order valence-electron chi connectivity index (χ4n) is 5.19. The number of carbonyl (C=O) groups is 1. The van der Waals surface area contributed by atoms with Crippen molar-refractivity contribution in [2.75, 3.05) is 24.5 Å². The molecule has 9 nitrogen and oxygen atoms in total. The van der Waals surface area contributed by atoms with Gasteiger partial charge in [-0.1, -0.05) is 6.07 Å². The number of cyclic esters (lactones) is 1. The Hall–Kier alpha value is -3.84. The normalized spacial score (nSPS) is 27.8. The topological polar surface area (TPSA) is 89.5 Å². The van der Waals surface area contributed by atoms with E-state index in [9.17, 15) is 4.79 Å². The molecule has 166 valence electrons. The van der Waals surface area contributed by atoms with E-state index in [4.69, 9.17) is 11.3 Å². The van der Waals surface area contributed by atoms with Crippen LogP contribution in [0, 0.1) is 24.2 Å². The summed E-state index contributed by atoms with van der Waals surface area (Å²) in [6.45, 7) is 10.1. The van der Waals surface area contributed by atoms with Gasteiger partial charge >= 0.3 is 6.09 Å². The fourth-order valence-corrected chi connectivity index (χ4v) is 5.19. The van der Waals surface area contributed by atoms with Crippen LogP contribution >= 0.6 is 0 Å². The molecule has 3 aromatic rings. The summed E-state index contributed by atoms with van der Waals surface area (Å²) in [4.78, 5) is 22.2. The first kappa shape index (κ1) is 19.8. The lowest BCUT2D eigenvalue weighted by Crippen LogP contribution is -2.25. The first-order valence-electron chi connectivity index (χ1n) is 10.8. The van der Waals surface area contributed by atoms with Crippen molar-refractivity contribution in [3.8, 4) is 11.1 Å². The molecule has 4 heterocycles. The minimum atomic E-state index is -0.536. The number of carbonyl (C=O) groups excluding carboxylic acids is 1. The van der Waals surface area contributed by atoms with Gasteiger partial charge in [0.25, 0.3) is 5.54 Å². The summed E-state index contributed by atoms with van der Waals surface area (Å²) in [5, 5.41) is 10.8. The molecular weight excluding hydrogens is 425 g/mol. The van der Waals surface area contributed by atoms with E-state index in [2.05, 4.69) is 25.3 Å². The van der Waals surface area contributed by atoms with Crippen LogP contribution < -0.4 is 10.2 Å². The minimum absolute atomic E-state index is 0.304. The van der Waals surface area contributed by atoms with Crippen molar-refractivity contribution in [1.29, 1.82) is 0 Å². The predicted molar refractivity (Wildman–Crippen MR) is 115 cm³/mol. The van der Waals surface area contributed by atoms with Crippen LogP contribution in [0.2, 0.25) is 0 Å². The Balaban J connectivity index is 1.20. The Morgan fingerprint density at radius 1 is 1.21 bits per heavy atom.